The number of carboxylic acid groups (broad SMARTS) is 1. The van der Waals surface area contributed by atoms with E-state index < -0.39 is 6.09 Å². The topological polar surface area (TPSA) is 102 Å². The van der Waals surface area contributed by atoms with Crippen LogP contribution in [0.1, 0.15) is 10.5 Å². The van der Waals surface area contributed by atoms with Crippen LogP contribution in [-0.4, -0.2) is 58.2 Å². The third-order valence-corrected chi connectivity index (χ3v) is 5.26. The van der Waals surface area contributed by atoms with E-state index in [-0.39, 0.29) is 5.91 Å². The van der Waals surface area contributed by atoms with Crippen LogP contribution in [0.25, 0.3) is 10.9 Å². The number of hydrogen-bond donors (Lipinski definition) is 3. The Morgan fingerprint density at radius 3 is 2.77 bits per heavy atom. The number of carbonyl (C=O) groups is 2. The molecule has 1 fully saturated rings. The molecule has 134 valence electrons. The number of amides is 2. The van der Waals surface area contributed by atoms with Crippen LogP contribution >= 0.6 is 11.3 Å². The lowest BCUT2D eigenvalue weighted by Gasteiger charge is -2.32. The molecule has 2 aromatic heterocycles. The van der Waals surface area contributed by atoms with Crippen LogP contribution in [0.15, 0.2) is 35.8 Å². The van der Waals surface area contributed by atoms with Crippen molar-refractivity contribution in [1.82, 2.24) is 14.9 Å². The molecule has 3 N–H and O–H groups in total. The summed E-state index contributed by atoms with van der Waals surface area (Å²) in [7, 11) is 0. The largest absolute Gasteiger partial charge is 0.465 e. The van der Waals surface area contributed by atoms with Crippen LogP contribution in [-0.2, 0) is 0 Å². The lowest BCUT2D eigenvalue weighted by Crippen LogP contribution is -2.48. The first kappa shape index (κ1) is 16.4. The van der Waals surface area contributed by atoms with Crippen molar-refractivity contribution < 1.29 is 14.7 Å². The van der Waals surface area contributed by atoms with Gasteiger partial charge in [0.15, 0.2) is 5.13 Å². The summed E-state index contributed by atoms with van der Waals surface area (Å²) in [6.07, 6.45) is 0.954. The van der Waals surface area contributed by atoms with Crippen molar-refractivity contribution in [1.29, 1.82) is 0 Å². The minimum Gasteiger partial charge on any atom is -0.465 e. The molecule has 0 atom stereocenters. The van der Waals surface area contributed by atoms with Crippen LogP contribution in [0.3, 0.4) is 0 Å². The van der Waals surface area contributed by atoms with E-state index >= 15 is 0 Å². The number of anilines is 2. The predicted octanol–water partition coefficient (Wildman–Crippen LogP) is 2.68. The molecule has 1 aliphatic rings. The van der Waals surface area contributed by atoms with E-state index in [0.717, 1.165) is 16.0 Å². The average Bonchev–Trinajstić information content (AvgIpc) is 3.31. The zero-order valence-electron chi connectivity index (χ0n) is 13.8. The molecule has 3 heterocycles. The summed E-state index contributed by atoms with van der Waals surface area (Å²) in [5.41, 5.74) is 2.09. The molecule has 8 nitrogen and oxygen atoms in total. The number of H-pyrrole nitrogens is 1. The molecule has 0 unspecified atom stereocenters. The molecular weight excluding hydrogens is 354 g/mol. The number of hydrogen-bond acceptors (Lipinski definition) is 5. The molecule has 1 aromatic carbocycles. The van der Waals surface area contributed by atoms with Crippen molar-refractivity contribution in [2.45, 2.75) is 0 Å². The standard InChI is InChI=1S/C17H17N5O3S/c23-15(19-12-1-2-13-11(9-12)3-4-18-13)14-10-26-16(20-14)21-5-7-22(8-6-21)17(24)25/h1-4,9-10,18H,5-8H2,(H,19,23)(H,24,25). The molecule has 0 radical (unpaired) electrons. The van der Waals surface area contributed by atoms with E-state index in [0.29, 0.717) is 37.6 Å². The number of aromatic nitrogens is 2. The second-order valence-electron chi connectivity index (χ2n) is 6.01. The zero-order valence-corrected chi connectivity index (χ0v) is 14.6. The summed E-state index contributed by atoms with van der Waals surface area (Å²) >= 11 is 1.39. The highest BCUT2D eigenvalue weighted by molar-refractivity contribution is 7.14. The average molecular weight is 371 g/mol. The Balaban J connectivity index is 1.42. The fraction of sp³-hybridized carbons (Fsp3) is 0.235. The number of nitrogens with one attached hydrogen (secondary N) is 2. The number of carbonyl (C=O) groups excluding carboxylic acids is 1. The fourth-order valence-electron chi connectivity index (χ4n) is 2.93. The maximum atomic E-state index is 12.4. The Labute approximate surface area is 153 Å². The number of benzene rings is 1. The minimum absolute atomic E-state index is 0.258. The SMILES string of the molecule is O=C(Nc1ccc2[nH]ccc2c1)c1csc(N2CCN(C(=O)O)CC2)n1. The smallest absolute Gasteiger partial charge is 0.407 e. The second-order valence-corrected chi connectivity index (χ2v) is 6.84. The molecule has 3 aromatic rings. The molecule has 1 aliphatic heterocycles. The monoisotopic (exact) mass is 371 g/mol. The number of rotatable bonds is 3. The zero-order chi connectivity index (χ0) is 18.1. The molecular formula is C17H17N5O3S. The number of nitrogens with zero attached hydrogens (tertiary/aromatic N) is 3. The lowest BCUT2D eigenvalue weighted by molar-refractivity contribution is 0.102. The third-order valence-electron chi connectivity index (χ3n) is 4.36. The van der Waals surface area contributed by atoms with Gasteiger partial charge in [-0.05, 0) is 24.3 Å². The normalized spacial score (nSPS) is 14.6. The highest BCUT2D eigenvalue weighted by Crippen LogP contribution is 2.23. The van der Waals surface area contributed by atoms with Crippen molar-refractivity contribution in [3.05, 3.63) is 41.5 Å². The van der Waals surface area contributed by atoms with Gasteiger partial charge in [0.1, 0.15) is 5.69 Å². The van der Waals surface area contributed by atoms with Crippen LogP contribution in [0.5, 0.6) is 0 Å². The maximum absolute atomic E-state index is 12.4. The van der Waals surface area contributed by atoms with E-state index in [1.165, 1.54) is 16.2 Å². The van der Waals surface area contributed by atoms with Crippen LogP contribution in [0.4, 0.5) is 15.6 Å². The van der Waals surface area contributed by atoms with Gasteiger partial charge in [-0.2, -0.15) is 0 Å². The summed E-state index contributed by atoms with van der Waals surface area (Å²) in [6.45, 7) is 2.02. The van der Waals surface area contributed by atoms with Gasteiger partial charge in [0, 0.05) is 54.3 Å². The first-order chi connectivity index (χ1) is 12.6. The third kappa shape index (κ3) is 3.21. The van der Waals surface area contributed by atoms with Gasteiger partial charge in [0.25, 0.3) is 5.91 Å². The van der Waals surface area contributed by atoms with Crippen LogP contribution in [0.2, 0.25) is 0 Å². The van der Waals surface area contributed by atoms with Crippen molar-refractivity contribution in [3.8, 4) is 0 Å². The fourth-order valence-corrected chi connectivity index (χ4v) is 3.79. The van der Waals surface area contributed by atoms with Gasteiger partial charge in [-0.15, -0.1) is 11.3 Å². The number of fused-ring (bicyclic) bond motifs is 1. The Bertz CT molecular complexity index is 958. The predicted molar refractivity (Wildman–Crippen MR) is 100 cm³/mol. The molecule has 0 saturated carbocycles. The van der Waals surface area contributed by atoms with Crippen molar-refractivity contribution in [2.75, 3.05) is 36.4 Å². The Morgan fingerprint density at radius 1 is 1.19 bits per heavy atom. The Kier molecular flexibility index (Phi) is 4.21. The number of thiazole rings is 1. The van der Waals surface area contributed by atoms with Gasteiger partial charge in [-0.25, -0.2) is 9.78 Å². The summed E-state index contributed by atoms with van der Waals surface area (Å²) in [5, 5.41) is 15.4. The molecule has 0 aliphatic carbocycles. The van der Waals surface area contributed by atoms with E-state index in [2.05, 4.69) is 15.3 Å². The lowest BCUT2D eigenvalue weighted by atomic mass is 10.2. The number of piperazine rings is 1. The van der Waals surface area contributed by atoms with Gasteiger partial charge >= 0.3 is 6.09 Å². The molecule has 0 bridgehead atoms. The summed E-state index contributed by atoms with van der Waals surface area (Å²) in [5.74, 6) is -0.258. The van der Waals surface area contributed by atoms with Crippen LogP contribution < -0.4 is 10.2 Å². The first-order valence-electron chi connectivity index (χ1n) is 8.17. The molecule has 2 amide bonds. The highest BCUT2D eigenvalue weighted by atomic mass is 32.1. The van der Waals surface area contributed by atoms with Gasteiger partial charge in [0.05, 0.1) is 0 Å². The maximum Gasteiger partial charge on any atom is 0.407 e. The molecule has 26 heavy (non-hydrogen) atoms. The van der Waals surface area contributed by atoms with Crippen molar-refractivity contribution in [2.24, 2.45) is 0 Å². The summed E-state index contributed by atoms with van der Waals surface area (Å²) in [6, 6.07) is 7.61. The van der Waals surface area contributed by atoms with Gasteiger partial charge in [-0.3, -0.25) is 4.79 Å². The Morgan fingerprint density at radius 2 is 2.00 bits per heavy atom. The van der Waals surface area contributed by atoms with E-state index in [4.69, 9.17) is 5.11 Å². The highest BCUT2D eigenvalue weighted by Gasteiger charge is 2.23. The second kappa shape index (κ2) is 6.68. The summed E-state index contributed by atoms with van der Waals surface area (Å²) in [4.78, 5) is 34.3. The van der Waals surface area contributed by atoms with E-state index in [9.17, 15) is 9.59 Å². The van der Waals surface area contributed by atoms with Crippen LogP contribution in [0, 0.1) is 0 Å². The Hall–Kier alpha value is -3.07. The van der Waals surface area contributed by atoms with Crippen molar-refractivity contribution in [3.63, 3.8) is 0 Å². The minimum atomic E-state index is -0.900. The molecule has 0 spiro atoms. The molecule has 9 heteroatoms. The molecule has 4 rings (SSSR count). The van der Waals surface area contributed by atoms with Gasteiger partial charge in [-0.1, -0.05) is 0 Å². The quantitative estimate of drug-likeness (QED) is 0.657. The van der Waals surface area contributed by atoms with Gasteiger partial charge < -0.3 is 25.2 Å². The number of aromatic amines is 1. The molecule has 1 saturated heterocycles. The first-order valence-corrected chi connectivity index (χ1v) is 9.05. The van der Waals surface area contributed by atoms with E-state index in [1.807, 2.05) is 35.4 Å². The summed E-state index contributed by atoms with van der Waals surface area (Å²) < 4.78 is 0. The van der Waals surface area contributed by atoms with Gasteiger partial charge in [0.2, 0.25) is 0 Å². The van der Waals surface area contributed by atoms with E-state index in [1.54, 1.807) is 5.38 Å². The van der Waals surface area contributed by atoms with Crippen molar-refractivity contribution >= 4 is 45.1 Å².